The van der Waals surface area contributed by atoms with Crippen molar-refractivity contribution in [3.8, 4) is 0 Å². The fraction of sp³-hybridized carbons (Fsp3) is 0.615. The van der Waals surface area contributed by atoms with E-state index >= 15 is 0 Å². The Hall–Kier alpha value is -1.29. The lowest BCUT2D eigenvalue weighted by Gasteiger charge is -2.14. The highest BCUT2D eigenvalue weighted by molar-refractivity contribution is 5.86. The van der Waals surface area contributed by atoms with Crippen molar-refractivity contribution in [2.75, 3.05) is 13.7 Å². The second-order valence-electron chi connectivity index (χ2n) is 4.48. The minimum Gasteiger partial charge on any atom is -0.463 e. The molecule has 1 aliphatic rings. The van der Waals surface area contributed by atoms with E-state index in [0.29, 0.717) is 0 Å². The normalized spacial score (nSPS) is 16.8. The first-order valence-corrected chi connectivity index (χ1v) is 6.16. The van der Waals surface area contributed by atoms with Gasteiger partial charge in [0.1, 0.15) is 5.76 Å². The largest absolute Gasteiger partial charge is 0.463 e. The van der Waals surface area contributed by atoms with Gasteiger partial charge in [0, 0.05) is 0 Å². The number of furan rings is 1. The van der Waals surface area contributed by atoms with E-state index in [1.165, 1.54) is 20.0 Å². The van der Waals surface area contributed by atoms with E-state index in [0.717, 1.165) is 24.6 Å². The maximum Gasteiger partial charge on any atom is 0.373 e. The third-order valence-electron chi connectivity index (χ3n) is 3.07. The van der Waals surface area contributed by atoms with E-state index in [1.54, 1.807) is 6.07 Å². The molecule has 1 atom stereocenters. The zero-order valence-corrected chi connectivity index (χ0v) is 10.4. The summed E-state index contributed by atoms with van der Waals surface area (Å²) in [7, 11) is 1.36. The summed E-state index contributed by atoms with van der Waals surface area (Å²) in [4.78, 5) is 11.3. The van der Waals surface area contributed by atoms with Crippen molar-refractivity contribution in [1.29, 1.82) is 0 Å². The molecule has 94 valence electrons. The van der Waals surface area contributed by atoms with Crippen LogP contribution in [-0.2, 0) is 4.74 Å². The van der Waals surface area contributed by atoms with Crippen molar-refractivity contribution in [2.45, 2.75) is 32.2 Å². The Morgan fingerprint density at radius 2 is 2.35 bits per heavy atom. The topological polar surface area (TPSA) is 51.5 Å². The first-order valence-electron chi connectivity index (χ1n) is 6.16. The van der Waals surface area contributed by atoms with Crippen LogP contribution >= 0.6 is 0 Å². The number of carbonyl (C=O) groups excluding carboxylic acids is 1. The van der Waals surface area contributed by atoms with Crippen molar-refractivity contribution >= 4 is 5.97 Å². The summed E-state index contributed by atoms with van der Waals surface area (Å²) in [6.45, 7) is 2.97. The Morgan fingerprint density at radius 1 is 1.59 bits per heavy atom. The number of nitrogens with one attached hydrogen (secondary N) is 1. The molecule has 0 saturated heterocycles. The van der Waals surface area contributed by atoms with Gasteiger partial charge in [0.25, 0.3) is 0 Å². The monoisotopic (exact) mass is 237 g/mol. The Kier molecular flexibility index (Phi) is 3.84. The molecule has 1 heterocycles. The Morgan fingerprint density at radius 3 is 2.94 bits per heavy atom. The second kappa shape index (κ2) is 5.36. The lowest BCUT2D eigenvalue weighted by atomic mass is 10.1. The van der Waals surface area contributed by atoms with Crippen molar-refractivity contribution in [2.24, 2.45) is 5.92 Å². The third kappa shape index (κ3) is 3.09. The molecule has 0 aliphatic heterocycles. The van der Waals surface area contributed by atoms with Gasteiger partial charge in [0.05, 0.1) is 13.2 Å². The van der Waals surface area contributed by atoms with Crippen molar-refractivity contribution in [3.05, 3.63) is 23.7 Å². The number of hydrogen-bond donors (Lipinski definition) is 1. The second-order valence-corrected chi connectivity index (χ2v) is 4.48. The molecular formula is C13H19NO3. The summed E-state index contributed by atoms with van der Waals surface area (Å²) >= 11 is 0. The highest BCUT2D eigenvalue weighted by atomic mass is 16.5. The fourth-order valence-electron chi connectivity index (χ4n) is 1.98. The van der Waals surface area contributed by atoms with Gasteiger partial charge in [-0.3, -0.25) is 0 Å². The van der Waals surface area contributed by atoms with Gasteiger partial charge < -0.3 is 14.5 Å². The predicted octanol–water partition coefficient (Wildman–Crippen LogP) is 2.52. The third-order valence-corrected chi connectivity index (χ3v) is 3.07. The Balaban J connectivity index is 2.05. The Labute approximate surface area is 101 Å². The lowest BCUT2D eigenvalue weighted by molar-refractivity contribution is 0.0561. The molecule has 0 aromatic carbocycles. The van der Waals surface area contributed by atoms with Gasteiger partial charge in [-0.05, 0) is 31.0 Å². The number of ether oxygens (including phenoxy) is 1. The molecule has 1 saturated carbocycles. The highest BCUT2D eigenvalue weighted by Crippen LogP contribution is 2.37. The molecule has 4 nitrogen and oxygen atoms in total. The van der Waals surface area contributed by atoms with E-state index in [4.69, 9.17) is 4.42 Å². The molecule has 1 aromatic rings. The predicted molar refractivity (Wildman–Crippen MR) is 63.8 cm³/mol. The molecule has 1 fully saturated rings. The minimum atomic E-state index is -0.419. The number of methoxy groups -OCH3 is 1. The SMILES string of the molecule is CCNC(CC1CC1)c1ccc(C(=O)OC)o1. The molecule has 0 amide bonds. The van der Waals surface area contributed by atoms with Gasteiger partial charge in [-0.15, -0.1) is 0 Å². The van der Waals surface area contributed by atoms with Crippen LogP contribution in [0.2, 0.25) is 0 Å². The van der Waals surface area contributed by atoms with E-state index in [1.807, 2.05) is 6.07 Å². The average molecular weight is 237 g/mol. The van der Waals surface area contributed by atoms with E-state index in [9.17, 15) is 4.79 Å². The van der Waals surface area contributed by atoms with E-state index < -0.39 is 5.97 Å². The van der Waals surface area contributed by atoms with Crippen molar-refractivity contribution in [1.82, 2.24) is 5.32 Å². The highest BCUT2D eigenvalue weighted by Gasteiger charge is 2.27. The van der Waals surface area contributed by atoms with Gasteiger partial charge >= 0.3 is 5.97 Å². The molecule has 4 heteroatoms. The molecule has 0 radical (unpaired) electrons. The summed E-state index contributed by atoms with van der Waals surface area (Å²) in [5, 5.41) is 3.39. The van der Waals surface area contributed by atoms with E-state index in [-0.39, 0.29) is 11.8 Å². The van der Waals surface area contributed by atoms with Gasteiger partial charge in [0.2, 0.25) is 5.76 Å². The number of esters is 1. The summed E-state index contributed by atoms with van der Waals surface area (Å²) in [5.74, 6) is 1.50. The van der Waals surface area contributed by atoms with Crippen LogP contribution in [0.4, 0.5) is 0 Å². The van der Waals surface area contributed by atoms with Crippen molar-refractivity contribution in [3.63, 3.8) is 0 Å². The van der Waals surface area contributed by atoms with Crippen LogP contribution in [0.5, 0.6) is 0 Å². The van der Waals surface area contributed by atoms with Crippen LogP contribution in [0.3, 0.4) is 0 Å². The number of rotatable bonds is 6. The molecule has 1 unspecified atom stereocenters. The molecule has 0 bridgehead atoms. The van der Waals surface area contributed by atoms with Gasteiger partial charge in [-0.25, -0.2) is 4.79 Å². The quantitative estimate of drug-likeness (QED) is 0.772. The maximum atomic E-state index is 11.3. The fourth-order valence-corrected chi connectivity index (χ4v) is 1.98. The molecule has 0 spiro atoms. The minimum absolute atomic E-state index is 0.214. The van der Waals surface area contributed by atoms with Crippen LogP contribution in [-0.4, -0.2) is 19.6 Å². The molecule has 1 N–H and O–H groups in total. The van der Waals surface area contributed by atoms with Gasteiger partial charge in [-0.1, -0.05) is 19.8 Å². The van der Waals surface area contributed by atoms with Crippen LogP contribution in [0.25, 0.3) is 0 Å². The van der Waals surface area contributed by atoms with E-state index in [2.05, 4.69) is 17.0 Å². The average Bonchev–Trinajstić information content (AvgIpc) is 3.02. The smallest absolute Gasteiger partial charge is 0.373 e. The zero-order valence-electron chi connectivity index (χ0n) is 10.4. The first kappa shape index (κ1) is 12.2. The van der Waals surface area contributed by atoms with Crippen LogP contribution in [0.15, 0.2) is 16.5 Å². The summed E-state index contributed by atoms with van der Waals surface area (Å²) in [6.07, 6.45) is 3.71. The lowest BCUT2D eigenvalue weighted by Crippen LogP contribution is -2.20. The maximum absolute atomic E-state index is 11.3. The van der Waals surface area contributed by atoms with Crippen LogP contribution in [0, 0.1) is 5.92 Å². The summed E-state index contributed by atoms with van der Waals surface area (Å²) < 4.78 is 10.2. The van der Waals surface area contributed by atoms with Gasteiger partial charge in [-0.2, -0.15) is 0 Å². The van der Waals surface area contributed by atoms with Crippen LogP contribution < -0.4 is 5.32 Å². The summed E-state index contributed by atoms with van der Waals surface area (Å²) in [5.41, 5.74) is 0. The standard InChI is InChI=1S/C13H19NO3/c1-3-14-10(8-9-4-5-9)11-6-7-12(17-11)13(15)16-2/h6-7,9-10,14H,3-5,8H2,1-2H3. The Bertz CT molecular complexity index is 382. The molecular weight excluding hydrogens is 218 g/mol. The number of hydrogen-bond acceptors (Lipinski definition) is 4. The van der Waals surface area contributed by atoms with Crippen molar-refractivity contribution < 1.29 is 13.9 Å². The molecule has 1 aliphatic carbocycles. The zero-order chi connectivity index (χ0) is 12.3. The first-order chi connectivity index (χ1) is 8.24. The molecule has 17 heavy (non-hydrogen) atoms. The summed E-state index contributed by atoms with van der Waals surface area (Å²) in [6, 6.07) is 3.76. The molecule has 2 rings (SSSR count). The van der Waals surface area contributed by atoms with Gasteiger partial charge in [0.15, 0.2) is 0 Å². The van der Waals surface area contributed by atoms with Crippen LogP contribution in [0.1, 0.15) is 48.5 Å². The number of carbonyl (C=O) groups is 1. The molecule has 1 aromatic heterocycles.